The van der Waals surface area contributed by atoms with Gasteiger partial charge in [-0.15, -0.1) is 0 Å². The summed E-state index contributed by atoms with van der Waals surface area (Å²) < 4.78 is 92.8. The van der Waals surface area contributed by atoms with Gasteiger partial charge in [0.2, 0.25) is 0 Å². The summed E-state index contributed by atoms with van der Waals surface area (Å²) in [6.45, 7) is 0. The molecule has 0 fully saturated rings. The molecule has 0 heterocycles. The van der Waals surface area contributed by atoms with Crippen LogP contribution in [0, 0.1) is 0 Å². The van der Waals surface area contributed by atoms with E-state index in [1.165, 1.54) is 0 Å². The molecule has 1 nitrogen and oxygen atoms in total. The van der Waals surface area contributed by atoms with Crippen molar-refractivity contribution in [2.45, 2.75) is 24.7 Å². The Kier molecular flexibility index (Phi) is 3.46. The molecule has 0 saturated heterocycles. The van der Waals surface area contributed by atoms with Crippen LogP contribution in [0.3, 0.4) is 0 Å². The lowest BCUT2D eigenvalue weighted by atomic mass is 10.1. The van der Waals surface area contributed by atoms with Crippen LogP contribution in [0.15, 0.2) is 0 Å². The number of carbonyl (C=O) groups excluding carboxylic acids is 1. The van der Waals surface area contributed by atoms with E-state index in [0.29, 0.717) is 0 Å². The third kappa shape index (κ3) is 2.13. The van der Waals surface area contributed by atoms with E-state index in [2.05, 4.69) is 0 Å². The molecule has 0 aromatic rings. The van der Waals surface area contributed by atoms with Gasteiger partial charge >= 0.3 is 24.7 Å². The van der Waals surface area contributed by atoms with Crippen LogP contribution in [0.5, 0.6) is 0 Å². The molecule has 0 aromatic carbocycles. The number of rotatable bonds is 4. The highest BCUT2D eigenvalue weighted by atomic mass is 19.3. The van der Waals surface area contributed by atoms with Crippen LogP contribution in [-0.4, -0.2) is 30.5 Å². The number of ketones is 1. The van der Waals surface area contributed by atoms with Gasteiger partial charge in [0, 0.05) is 0 Å². The van der Waals surface area contributed by atoms with Crippen LogP contribution in [0.2, 0.25) is 0 Å². The number of hydrogen-bond donors (Lipinski definition) is 0. The zero-order chi connectivity index (χ0) is 11.7. The van der Waals surface area contributed by atoms with Gasteiger partial charge < -0.3 is 0 Å². The van der Waals surface area contributed by atoms with Crippen molar-refractivity contribution in [2.75, 3.05) is 0 Å². The fourth-order valence-electron chi connectivity index (χ4n) is 0.420. The smallest absolute Gasteiger partial charge is 0.286 e. The topological polar surface area (TPSA) is 17.1 Å². The molecule has 0 atom stereocenters. The Hall–Kier alpha value is -0.890. The standard InChI is InChI=1S/C5H2F8O/c6-2(7)4(10,11)1(14)5(12,13)3(8)9/h2-3H. The molecule has 0 aliphatic carbocycles. The number of hydrogen-bond acceptors (Lipinski definition) is 1. The van der Waals surface area contributed by atoms with Crippen molar-refractivity contribution >= 4 is 5.78 Å². The minimum Gasteiger partial charge on any atom is -0.286 e. The van der Waals surface area contributed by atoms with E-state index in [0.717, 1.165) is 0 Å². The maximum absolute atomic E-state index is 11.9. The highest BCUT2D eigenvalue weighted by Crippen LogP contribution is 2.34. The van der Waals surface area contributed by atoms with Crippen LogP contribution >= 0.6 is 0 Å². The average molecular weight is 230 g/mol. The van der Waals surface area contributed by atoms with Crippen LogP contribution in [0.25, 0.3) is 0 Å². The van der Waals surface area contributed by atoms with Crippen molar-refractivity contribution in [3.8, 4) is 0 Å². The minimum absolute atomic E-state index is 3.78. The third-order valence-electron chi connectivity index (χ3n) is 1.15. The number of alkyl halides is 8. The molecule has 0 unspecified atom stereocenters. The average Bonchev–Trinajstić information content (AvgIpc) is 2.02. The SMILES string of the molecule is O=C(C(F)(F)C(F)F)C(F)(F)C(F)F. The Labute approximate surface area is 71.7 Å². The highest BCUT2D eigenvalue weighted by molar-refractivity contribution is 5.92. The first-order valence-corrected chi connectivity index (χ1v) is 2.91. The summed E-state index contributed by atoms with van der Waals surface area (Å²) in [4.78, 5) is 9.91. The second-order valence-corrected chi connectivity index (χ2v) is 2.18. The predicted octanol–water partition coefficient (Wildman–Crippen LogP) is 2.36. The summed E-state index contributed by atoms with van der Waals surface area (Å²) in [5, 5.41) is 0. The first kappa shape index (κ1) is 13.1. The van der Waals surface area contributed by atoms with Crippen molar-refractivity contribution in [1.82, 2.24) is 0 Å². The fourth-order valence-corrected chi connectivity index (χ4v) is 0.420. The summed E-state index contributed by atoms with van der Waals surface area (Å²) in [5.41, 5.74) is 0. The molecule has 0 radical (unpaired) electrons. The molecule has 84 valence electrons. The Bertz CT molecular complexity index is 200. The summed E-state index contributed by atoms with van der Waals surface area (Å²) in [5.74, 6) is -15.3. The van der Waals surface area contributed by atoms with Crippen LogP contribution in [-0.2, 0) is 4.79 Å². The maximum Gasteiger partial charge on any atom is 0.370 e. The molecule has 0 aliphatic rings. The molecule has 0 amide bonds. The van der Waals surface area contributed by atoms with Crippen molar-refractivity contribution in [1.29, 1.82) is 0 Å². The number of Topliss-reactive ketones (excluding diaryl/α,β-unsaturated/α-hetero) is 1. The zero-order valence-corrected chi connectivity index (χ0v) is 6.09. The van der Waals surface area contributed by atoms with Crippen LogP contribution in [0.4, 0.5) is 35.1 Å². The van der Waals surface area contributed by atoms with Gasteiger partial charge in [-0.25, -0.2) is 17.6 Å². The Morgan fingerprint density at radius 3 is 1.14 bits per heavy atom. The van der Waals surface area contributed by atoms with Gasteiger partial charge in [-0.05, 0) is 0 Å². The molecular weight excluding hydrogens is 228 g/mol. The first-order chi connectivity index (χ1) is 6.04. The maximum atomic E-state index is 11.9. The van der Waals surface area contributed by atoms with E-state index in [1.807, 2.05) is 0 Å². The van der Waals surface area contributed by atoms with E-state index in [-0.39, 0.29) is 0 Å². The molecule has 14 heavy (non-hydrogen) atoms. The van der Waals surface area contributed by atoms with Crippen LogP contribution in [0.1, 0.15) is 0 Å². The van der Waals surface area contributed by atoms with E-state index in [9.17, 15) is 39.9 Å². The van der Waals surface area contributed by atoms with E-state index in [4.69, 9.17) is 0 Å². The molecule has 0 spiro atoms. The zero-order valence-electron chi connectivity index (χ0n) is 6.09. The Morgan fingerprint density at radius 2 is 1.00 bits per heavy atom. The second kappa shape index (κ2) is 3.70. The van der Waals surface area contributed by atoms with E-state index in [1.54, 1.807) is 0 Å². The molecule has 0 saturated carbocycles. The molecule has 0 aromatic heterocycles. The lowest BCUT2D eigenvalue weighted by Gasteiger charge is -2.19. The number of halogens is 8. The van der Waals surface area contributed by atoms with Crippen molar-refractivity contribution in [3.05, 3.63) is 0 Å². The van der Waals surface area contributed by atoms with Gasteiger partial charge in [0.15, 0.2) is 0 Å². The minimum atomic E-state index is -5.78. The summed E-state index contributed by atoms with van der Waals surface area (Å²) >= 11 is 0. The van der Waals surface area contributed by atoms with Gasteiger partial charge in [-0.1, -0.05) is 0 Å². The lowest BCUT2D eigenvalue weighted by molar-refractivity contribution is -0.207. The monoisotopic (exact) mass is 230 g/mol. The largest absolute Gasteiger partial charge is 0.370 e. The Balaban J connectivity index is 4.96. The Morgan fingerprint density at radius 1 is 0.786 bits per heavy atom. The van der Waals surface area contributed by atoms with E-state index >= 15 is 0 Å². The second-order valence-electron chi connectivity index (χ2n) is 2.18. The summed E-state index contributed by atoms with van der Waals surface area (Å²) in [6.07, 6.45) is -9.50. The normalized spacial score (nSPS) is 13.9. The number of carbonyl (C=O) groups is 1. The van der Waals surface area contributed by atoms with Gasteiger partial charge in [0.1, 0.15) is 0 Å². The van der Waals surface area contributed by atoms with Gasteiger partial charge in [-0.2, -0.15) is 17.6 Å². The summed E-state index contributed by atoms with van der Waals surface area (Å²) in [6, 6.07) is 0. The highest BCUT2D eigenvalue weighted by Gasteiger charge is 2.63. The van der Waals surface area contributed by atoms with Gasteiger partial charge in [-0.3, -0.25) is 4.79 Å². The molecule has 0 aliphatic heterocycles. The molecule has 0 N–H and O–H groups in total. The lowest BCUT2D eigenvalue weighted by Crippen LogP contribution is -2.50. The quantitative estimate of drug-likeness (QED) is 0.677. The van der Waals surface area contributed by atoms with Crippen LogP contribution < -0.4 is 0 Å². The molecule has 0 rings (SSSR count). The van der Waals surface area contributed by atoms with Crippen molar-refractivity contribution in [2.24, 2.45) is 0 Å². The first-order valence-electron chi connectivity index (χ1n) is 2.91. The molecule has 0 bridgehead atoms. The van der Waals surface area contributed by atoms with Gasteiger partial charge in [0.25, 0.3) is 5.78 Å². The predicted molar refractivity (Wildman–Crippen MR) is 26.9 cm³/mol. The van der Waals surface area contributed by atoms with Crippen molar-refractivity contribution in [3.63, 3.8) is 0 Å². The molecule has 9 heteroatoms. The van der Waals surface area contributed by atoms with Crippen molar-refractivity contribution < 1.29 is 39.9 Å². The van der Waals surface area contributed by atoms with Gasteiger partial charge in [0.05, 0.1) is 0 Å². The van der Waals surface area contributed by atoms with E-state index < -0.39 is 30.5 Å². The summed E-state index contributed by atoms with van der Waals surface area (Å²) in [7, 11) is 0. The molecular formula is C5H2F8O. The third-order valence-corrected chi connectivity index (χ3v) is 1.15. The fraction of sp³-hybridized carbons (Fsp3) is 0.800.